The second-order valence-corrected chi connectivity index (χ2v) is 7.24. The molecule has 1 heterocycles. The van der Waals surface area contributed by atoms with Gasteiger partial charge in [0.15, 0.2) is 0 Å². The fourth-order valence-electron chi connectivity index (χ4n) is 2.75. The molecule has 1 N–H and O–H groups in total. The van der Waals surface area contributed by atoms with Crippen LogP contribution in [0.2, 0.25) is 0 Å². The highest BCUT2D eigenvalue weighted by atomic mass is 16.5. The van der Waals surface area contributed by atoms with Gasteiger partial charge in [0.05, 0.1) is 18.0 Å². The van der Waals surface area contributed by atoms with E-state index >= 15 is 0 Å². The van der Waals surface area contributed by atoms with E-state index in [4.69, 9.17) is 4.74 Å². The van der Waals surface area contributed by atoms with E-state index in [1.807, 2.05) is 0 Å². The highest BCUT2D eigenvalue weighted by Gasteiger charge is 2.13. The molecule has 1 aliphatic carbocycles. The van der Waals surface area contributed by atoms with Crippen molar-refractivity contribution in [3.8, 4) is 0 Å². The fourth-order valence-corrected chi connectivity index (χ4v) is 2.75. The molecule has 0 saturated heterocycles. The molecule has 21 heavy (non-hydrogen) atoms. The molecule has 1 aliphatic rings. The van der Waals surface area contributed by atoms with Crippen LogP contribution in [0, 0.1) is 5.92 Å². The van der Waals surface area contributed by atoms with Crippen LogP contribution in [0.1, 0.15) is 64.3 Å². The number of pyridine rings is 1. The smallest absolute Gasteiger partial charge is 0.0888 e. The molecule has 1 aromatic heterocycles. The lowest BCUT2D eigenvalue weighted by Crippen LogP contribution is -2.35. The van der Waals surface area contributed by atoms with Crippen molar-refractivity contribution < 1.29 is 4.74 Å². The van der Waals surface area contributed by atoms with E-state index < -0.39 is 0 Å². The Kier molecular flexibility index (Phi) is 6.19. The fraction of sp³-hybridized carbons (Fsp3) is 0.722. The van der Waals surface area contributed by atoms with Crippen molar-refractivity contribution in [3.63, 3.8) is 0 Å². The van der Waals surface area contributed by atoms with Crippen LogP contribution in [-0.4, -0.2) is 17.1 Å². The van der Waals surface area contributed by atoms with Gasteiger partial charge in [0.25, 0.3) is 0 Å². The molecule has 0 spiro atoms. The lowest BCUT2D eigenvalue weighted by Gasteiger charge is -2.21. The number of aromatic nitrogens is 1. The maximum Gasteiger partial charge on any atom is 0.0888 e. The van der Waals surface area contributed by atoms with Crippen molar-refractivity contribution >= 4 is 0 Å². The standard InChI is InChI=1S/C18H30N2O/c1-18(2,3)19-12-16-10-7-11-17(20-16)14-21-13-15-8-5-4-6-9-15/h7,10-11,15,19H,4-6,8-9,12-14H2,1-3H3. The minimum absolute atomic E-state index is 0.120. The van der Waals surface area contributed by atoms with Crippen LogP contribution in [0.5, 0.6) is 0 Å². The monoisotopic (exact) mass is 290 g/mol. The Balaban J connectivity index is 1.75. The van der Waals surface area contributed by atoms with Crippen LogP contribution in [0.15, 0.2) is 18.2 Å². The molecule has 0 amide bonds. The zero-order valence-electron chi connectivity index (χ0n) is 13.8. The quantitative estimate of drug-likeness (QED) is 0.857. The van der Waals surface area contributed by atoms with Gasteiger partial charge in [-0.1, -0.05) is 25.3 Å². The number of hydrogen-bond acceptors (Lipinski definition) is 3. The molecule has 1 aromatic rings. The summed E-state index contributed by atoms with van der Waals surface area (Å²) in [5.41, 5.74) is 2.25. The van der Waals surface area contributed by atoms with E-state index in [0.717, 1.165) is 30.5 Å². The minimum atomic E-state index is 0.120. The third-order valence-electron chi connectivity index (χ3n) is 3.99. The Morgan fingerprint density at radius 2 is 1.86 bits per heavy atom. The summed E-state index contributed by atoms with van der Waals surface area (Å²) in [5, 5.41) is 3.47. The summed E-state index contributed by atoms with van der Waals surface area (Å²) in [4.78, 5) is 4.67. The Morgan fingerprint density at radius 1 is 1.14 bits per heavy atom. The number of nitrogens with one attached hydrogen (secondary N) is 1. The van der Waals surface area contributed by atoms with Crippen LogP contribution < -0.4 is 5.32 Å². The van der Waals surface area contributed by atoms with Crippen molar-refractivity contribution in [2.24, 2.45) is 5.92 Å². The predicted octanol–water partition coefficient (Wildman–Crippen LogP) is 4.07. The Bertz CT molecular complexity index is 419. The van der Waals surface area contributed by atoms with E-state index in [2.05, 4.69) is 49.3 Å². The van der Waals surface area contributed by atoms with Gasteiger partial charge in [0.1, 0.15) is 0 Å². The summed E-state index contributed by atoms with van der Waals surface area (Å²) < 4.78 is 5.88. The molecule has 0 aliphatic heterocycles. The first-order chi connectivity index (χ1) is 10.0. The third kappa shape index (κ3) is 6.58. The van der Waals surface area contributed by atoms with Gasteiger partial charge in [-0.25, -0.2) is 0 Å². The van der Waals surface area contributed by atoms with Crippen LogP contribution in [0.25, 0.3) is 0 Å². The first kappa shape index (κ1) is 16.4. The maximum atomic E-state index is 5.88. The normalized spacial score (nSPS) is 17.1. The van der Waals surface area contributed by atoms with Crippen LogP contribution >= 0.6 is 0 Å². The number of nitrogens with zero attached hydrogens (tertiary/aromatic N) is 1. The van der Waals surface area contributed by atoms with Gasteiger partial charge in [0.2, 0.25) is 0 Å². The zero-order chi connectivity index (χ0) is 15.1. The average Bonchev–Trinajstić information content (AvgIpc) is 2.46. The molecule has 3 nitrogen and oxygen atoms in total. The van der Waals surface area contributed by atoms with E-state index in [9.17, 15) is 0 Å². The summed E-state index contributed by atoms with van der Waals surface area (Å²) in [6.45, 7) is 8.85. The second-order valence-electron chi connectivity index (χ2n) is 7.24. The molecule has 0 bridgehead atoms. The molecule has 0 atom stereocenters. The van der Waals surface area contributed by atoms with Gasteiger partial charge in [-0.15, -0.1) is 0 Å². The molecule has 1 saturated carbocycles. The number of rotatable bonds is 6. The Hall–Kier alpha value is -0.930. The minimum Gasteiger partial charge on any atom is -0.375 e. The Labute approximate surface area is 129 Å². The van der Waals surface area contributed by atoms with Crippen LogP contribution in [0.4, 0.5) is 0 Å². The maximum absolute atomic E-state index is 5.88. The van der Waals surface area contributed by atoms with Gasteiger partial charge in [-0.2, -0.15) is 0 Å². The lowest BCUT2D eigenvalue weighted by atomic mass is 9.90. The number of hydrogen-bond donors (Lipinski definition) is 1. The number of ether oxygens (including phenoxy) is 1. The molecular weight excluding hydrogens is 260 g/mol. The highest BCUT2D eigenvalue weighted by Crippen LogP contribution is 2.23. The topological polar surface area (TPSA) is 34.1 Å². The lowest BCUT2D eigenvalue weighted by molar-refractivity contribution is 0.0719. The van der Waals surface area contributed by atoms with E-state index in [1.54, 1.807) is 0 Å². The van der Waals surface area contributed by atoms with E-state index in [1.165, 1.54) is 32.1 Å². The van der Waals surface area contributed by atoms with Gasteiger partial charge < -0.3 is 10.1 Å². The summed E-state index contributed by atoms with van der Waals surface area (Å²) in [7, 11) is 0. The zero-order valence-corrected chi connectivity index (χ0v) is 13.8. The molecule has 118 valence electrons. The average molecular weight is 290 g/mol. The van der Waals surface area contributed by atoms with Crippen LogP contribution in [-0.2, 0) is 17.9 Å². The van der Waals surface area contributed by atoms with Gasteiger partial charge in [-0.3, -0.25) is 4.98 Å². The molecule has 0 aromatic carbocycles. The van der Waals surface area contributed by atoms with Gasteiger partial charge in [0, 0.05) is 18.7 Å². The summed E-state index contributed by atoms with van der Waals surface area (Å²) in [6, 6.07) is 6.21. The van der Waals surface area contributed by atoms with E-state index in [-0.39, 0.29) is 5.54 Å². The molecule has 2 rings (SSSR count). The molecule has 0 radical (unpaired) electrons. The predicted molar refractivity (Wildman–Crippen MR) is 87.1 cm³/mol. The Morgan fingerprint density at radius 3 is 2.57 bits per heavy atom. The summed E-state index contributed by atoms with van der Waals surface area (Å²) >= 11 is 0. The SMILES string of the molecule is CC(C)(C)NCc1cccc(COCC2CCCCC2)n1. The van der Waals surface area contributed by atoms with Crippen molar-refractivity contribution in [2.45, 2.75) is 71.6 Å². The highest BCUT2D eigenvalue weighted by molar-refractivity contribution is 5.10. The summed E-state index contributed by atoms with van der Waals surface area (Å²) in [5.74, 6) is 0.768. The molecular formula is C18H30N2O. The van der Waals surface area contributed by atoms with Crippen molar-refractivity contribution in [1.82, 2.24) is 10.3 Å². The van der Waals surface area contributed by atoms with Crippen molar-refractivity contribution in [2.75, 3.05) is 6.61 Å². The van der Waals surface area contributed by atoms with Crippen LogP contribution in [0.3, 0.4) is 0 Å². The first-order valence-corrected chi connectivity index (χ1v) is 8.30. The molecule has 1 fully saturated rings. The second kappa shape index (κ2) is 7.90. The van der Waals surface area contributed by atoms with E-state index in [0.29, 0.717) is 6.61 Å². The molecule has 0 unspecified atom stereocenters. The summed E-state index contributed by atoms with van der Waals surface area (Å²) in [6.07, 6.45) is 6.83. The van der Waals surface area contributed by atoms with Crippen molar-refractivity contribution in [3.05, 3.63) is 29.6 Å². The van der Waals surface area contributed by atoms with Gasteiger partial charge in [-0.05, 0) is 51.7 Å². The van der Waals surface area contributed by atoms with Crippen molar-refractivity contribution in [1.29, 1.82) is 0 Å². The third-order valence-corrected chi connectivity index (χ3v) is 3.99. The largest absolute Gasteiger partial charge is 0.375 e. The first-order valence-electron chi connectivity index (χ1n) is 8.30. The van der Waals surface area contributed by atoms with Gasteiger partial charge >= 0.3 is 0 Å². The molecule has 3 heteroatoms.